The van der Waals surface area contributed by atoms with Gasteiger partial charge in [0, 0.05) is 37.3 Å². The monoisotopic (exact) mass is 440 g/mol. The molecule has 1 aromatic heterocycles. The fourth-order valence-electron chi connectivity index (χ4n) is 3.56. The highest BCUT2D eigenvalue weighted by Crippen LogP contribution is 2.22. The summed E-state index contributed by atoms with van der Waals surface area (Å²) in [6.07, 6.45) is 0. The fourth-order valence-corrected chi connectivity index (χ4v) is 4.52. The molecule has 1 amide bonds. The maximum absolute atomic E-state index is 12.8. The third-order valence-electron chi connectivity index (χ3n) is 5.17. The number of amides is 1. The Bertz CT molecular complexity index is 1070. The molecule has 0 saturated carbocycles. The molecule has 3 aromatic rings. The molecule has 0 atom stereocenters. The Kier molecular flexibility index (Phi) is 6.11. The number of hydrogen-bond acceptors (Lipinski definition) is 6. The first-order valence-corrected chi connectivity index (χ1v) is 10.6. The smallest absolute Gasteiger partial charge is 0.289 e. The van der Waals surface area contributed by atoms with Gasteiger partial charge >= 0.3 is 0 Å². The van der Waals surface area contributed by atoms with E-state index >= 15 is 0 Å². The van der Waals surface area contributed by atoms with Crippen molar-refractivity contribution in [2.24, 2.45) is 10.2 Å². The largest absolute Gasteiger partial charge is 0.451 e. The zero-order valence-corrected chi connectivity index (χ0v) is 17.9. The third kappa shape index (κ3) is 4.08. The molecule has 1 fully saturated rings. The lowest BCUT2D eigenvalue weighted by Gasteiger charge is -2.36. The number of furan rings is 1. The highest BCUT2D eigenvalue weighted by Gasteiger charge is 2.27. The first-order valence-electron chi connectivity index (χ1n) is 9.63. The van der Waals surface area contributed by atoms with E-state index in [1.807, 2.05) is 53.4 Å². The molecule has 2 aromatic carbocycles. The van der Waals surface area contributed by atoms with E-state index in [0.717, 1.165) is 46.3 Å². The molecule has 3 heterocycles. The van der Waals surface area contributed by atoms with E-state index in [0.29, 0.717) is 18.8 Å². The number of carbonyl (C=O) groups excluding carboxylic acids is 1. The van der Waals surface area contributed by atoms with Crippen molar-refractivity contribution in [2.45, 2.75) is 0 Å². The maximum Gasteiger partial charge on any atom is 0.289 e. The van der Waals surface area contributed by atoms with Crippen LogP contribution in [0, 0.1) is 0 Å². The molecule has 0 unspecified atom stereocenters. The zero-order chi connectivity index (χ0) is 19.6. The average molecular weight is 441 g/mol. The van der Waals surface area contributed by atoms with E-state index in [-0.39, 0.29) is 18.3 Å². The van der Waals surface area contributed by atoms with E-state index < -0.39 is 0 Å². The minimum absolute atomic E-state index is 0. The minimum Gasteiger partial charge on any atom is -0.451 e. The predicted octanol–water partition coefficient (Wildman–Crippen LogP) is 4.12. The van der Waals surface area contributed by atoms with E-state index in [4.69, 9.17) is 4.42 Å². The van der Waals surface area contributed by atoms with Crippen LogP contribution in [0.5, 0.6) is 0 Å². The molecule has 0 aliphatic carbocycles. The maximum atomic E-state index is 12.8. The molecule has 0 bridgehead atoms. The molecular weight excluding hydrogens is 420 g/mol. The molecule has 8 heteroatoms. The number of halogens is 1. The lowest BCUT2D eigenvalue weighted by atomic mass is 10.1. The van der Waals surface area contributed by atoms with E-state index in [1.165, 1.54) is 0 Å². The van der Waals surface area contributed by atoms with Crippen molar-refractivity contribution in [3.63, 3.8) is 0 Å². The van der Waals surface area contributed by atoms with Crippen LogP contribution in [0.25, 0.3) is 11.0 Å². The van der Waals surface area contributed by atoms with Crippen molar-refractivity contribution < 1.29 is 9.21 Å². The number of benzene rings is 2. The lowest BCUT2D eigenvalue weighted by molar-refractivity contribution is 0.0664. The van der Waals surface area contributed by atoms with Gasteiger partial charge in [0.1, 0.15) is 5.58 Å². The summed E-state index contributed by atoms with van der Waals surface area (Å²) >= 11 is 1.70. The molecule has 0 spiro atoms. The van der Waals surface area contributed by atoms with Crippen LogP contribution in [0.3, 0.4) is 0 Å². The first kappa shape index (κ1) is 20.5. The van der Waals surface area contributed by atoms with Gasteiger partial charge in [-0.15, -0.1) is 17.5 Å². The number of rotatable bonds is 2. The van der Waals surface area contributed by atoms with Gasteiger partial charge in [0.05, 0.1) is 5.71 Å². The molecule has 2 aliphatic heterocycles. The summed E-state index contributed by atoms with van der Waals surface area (Å²) in [5, 5.41) is 10.8. The van der Waals surface area contributed by atoms with Gasteiger partial charge in [0.25, 0.3) is 5.91 Å². The van der Waals surface area contributed by atoms with Gasteiger partial charge in [0.15, 0.2) is 10.9 Å². The zero-order valence-electron chi connectivity index (χ0n) is 16.2. The van der Waals surface area contributed by atoms with Crippen LogP contribution in [0.4, 0.5) is 0 Å². The van der Waals surface area contributed by atoms with Crippen molar-refractivity contribution in [3.05, 3.63) is 72.0 Å². The summed E-state index contributed by atoms with van der Waals surface area (Å²) in [4.78, 5) is 16.9. The SMILES string of the molecule is Cl.O=C(c1cc2ccccc2o1)N1CCN(C2=NN=C(c3ccccc3)CS2)CC1. The molecule has 2 aliphatic rings. The third-order valence-corrected chi connectivity index (χ3v) is 6.19. The van der Waals surface area contributed by atoms with Gasteiger partial charge in [-0.05, 0) is 17.7 Å². The molecule has 1 saturated heterocycles. The van der Waals surface area contributed by atoms with Crippen molar-refractivity contribution in [1.29, 1.82) is 0 Å². The summed E-state index contributed by atoms with van der Waals surface area (Å²) in [7, 11) is 0. The Hall–Kier alpha value is -2.77. The summed E-state index contributed by atoms with van der Waals surface area (Å²) in [6.45, 7) is 2.78. The number of thioether (sulfide) groups is 1. The van der Waals surface area contributed by atoms with E-state index in [9.17, 15) is 4.79 Å². The van der Waals surface area contributed by atoms with Crippen molar-refractivity contribution in [2.75, 3.05) is 31.9 Å². The molecule has 0 N–H and O–H groups in total. The number of nitrogens with zero attached hydrogens (tertiary/aromatic N) is 4. The normalized spacial score (nSPS) is 16.7. The molecule has 154 valence electrons. The van der Waals surface area contributed by atoms with Crippen LogP contribution in [0.2, 0.25) is 0 Å². The lowest BCUT2D eigenvalue weighted by Crippen LogP contribution is -2.50. The summed E-state index contributed by atoms with van der Waals surface area (Å²) < 4.78 is 5.73. The van der Waals surface area contributed by atoms with Gasteiger partial charge < -0.3 is 14.2 Å². The van der Waals surface area contributed by atoms with Crippen LogP contribution in [0.15, 0.2) is 75.3 Å². The van der Waals surface area contributed by atoms with Gasteiger partial charge in [-0.3, -0.25) is 4.79 Å². The number of hydrogen-bond donors (Lipinski definition) is 0. The van der Waals surface area contributed by atoms with Crippen molar-refractivity contribution in [1.82, 2.24) is 9.80 Å². The van der Waals surface area contributed by atoms with Crippen LogP contribution < -0.4 is 0 Å². The average Bonchev–Trinajstić information content (AvgIpc) is 3.24. The molecular formula is C22H21ClN4O2S. The molecule has 6 nitrogen and oxygen atoms in total. The number of piperazine rings is 1. The molecule has 30 heavy (non-hydrogen) atoms. The predicted molar refractivity (Wildman–Crippen MR) is 124 cm³/mol. The van der Waals surface area contributed by atoms with Crippen molar-refractivity contribution in [3.8, 4) is 0 Å². The Morgan fingerprint density at radius 2 is 1.67 bits per heavy atom. The van der Waals surface area contributed by atoms with Gasteiger partial charge in [0.2, 0.25) is 0 Å². The number of amidine groups is 1. The fraction of sp³-hybridized carbons (Fsp3) is 0.227. The standard InChI is InChI=1S/C22H20N4O2S.ClH/c27-21(20-14-17-8-4-5-9-19(17)28-20)25-10-12-26(13-11-25)22-24-23-18(15-29-22)16-6-2-1-3-7-16;/h1-9,14H,10-13,15H2;1H. The minimum atomic E-state index is -0.0523. The summed E-state index contributed by atoms with van der Waals surface area (Å²) in [6, 6.07) is 19.7. The van der Waals surface area contributed by atoms with Gasteiger partial charge in [-0.2, -0.15) is 5.10 Å². The Morgan fingerprint density at radius 1 is 0.933 bits per heavy atom. The van der Waals surface area contributed by atoms with Crippen LogP contribution >= 0.6 is 24.2 Å². The van der Waals surface area contributed by atoms with Crippen LogP contribution in [0.1, 0.15) is 16.1 Å². The number of fused-ring (bicyclic) bond motifs is 1. The van der Waals surface area contributed by atoms with E-state index in [1.54, 1.807) is 11.8 Å². The molecule has 5 rings (SSSR count). The van der Waals surface area contributed by atoms with Gasteiger partial charge in [-0.25, -0.2) is 0 Å². The highest BCUT2D eigenvalue weighted by atomic mass is 35.5. The highest BCUT2D eigenvalue weighted by molar-refractivity contribution is 8.14. The molecule has 0 radical (unpaired) electrons. The van der Waals surface area contributed by atoms with Crippen LogP contribution in [-0.4, -0.2) is 58.5 Å². The van der Waals surface area contributed by atoms with Gasteiger partial charge in [-0.1, -0.05) is 60.3 Å². The van der Waals surface area contributed by atoms with E-state index in [2.05, 4.69) is 27.2 Å². The quantitative estimate of drug-likeness (QED) is 0.601. The summed E-state index contributed by atoms with van der Waals surface area (Å²) in [5.74, 6) is 1.16. The Morgan fingerprint density at radius 3 is 2.37 bits per heavy atom. The summed E-state index contributed by atoms with van der Waals surface area (Å²) in [5.41, 5.74) is 2.86. The number of para-hydroxylation sites is 1. The second-order valence-electron chi connectivity index (χ2n) is 7.01. The second-order valence-corrected chi connectivity index (χ2v) is 7.95. The van der Waals surface area contributed by atoms with Crippen molar-refractivity contribution >= 4 is 51.9 Å². The topological polar surface area (TPSA) is 61.4 Å². The number of carbonyl (C=O) groups is 1. The first-order chi connectivity index (χ1) is 14.3. The second kappa shape index (κ2) is 8.93. The van der Waals surface area contributed by atoms with Crippen LogP contribution in [-0.2, 0) is 0 Å². The Labute approximate surface area is 185 Å². The Balaban J connectivity index is 0.00000218.